The highest BCUT2D eigenvalue weighted by Crippen LogP contribution is 2.17. The van der Waals surface area contributed by atoms with Gasteiger partial charge in [-0.1, -0.05) is 0 Å². The number of carbonyl (C=O) groups excluding carboxylic acids is 1. The standard InChI is InChI=1S/C10H14N2O3/c1-6(13)5-12-10(15)8-4-7(14)2-3-9(8)11/h2-4,6,13-14H,5,11H2,1H3,(H,12,15). The van der Waals surface area contributed by atoms with Gasteiger partial charge in [-0.05, 0) is 25.1 Å². The third kappa shape index (κ3) is 3.14. The van der Waals surface area contributed by atoms with Crippen molar-refractivity contribution in [2.75, 3.05) is 12.3 Å². The number of nitrogens with one attached hydrogen (secondary N) is 1. The van der Waals surface area contributed by atoms with Gasteiger partial charge in [-0.15, -0.1) is 0 Å². The van der Waals surface area contributed by atoms with Crippen molar-refractivity contribution in [1.82, 2.24) is 5.32 Å². The van der Waals surface area contributed by atoms with E-state index in [4.69, 9.17) is 10.8 Å². The summed E-state index contributed by atoms with van der Waals surface area (Å²) in [5, 5.41) is 20.6. The molecule has 5 nitrogen and oxygen atoms in total. The van der Waals surface area contributed by atoms with Crippen molar-refractivity contribution < 1.29 is 15.0 Å². The fourth-order valence-corrected chi connectivity index (χ4v) is 1.08. The first-order valence-corrected chi connectivity index (χ1v) is 4.55. The molecule has 1 rings (SSSR count). The first-order chi connectivity index (χ1) is 7.00. The maximum Gasteiger partial charge on any atom is 0.253 e. The summed E-state index contributed by atoms with van der Waals surface area (Å²) in [6, 6.07) is 4.14. The SMILES string of the molecule is CC(O)CNC(=O)c1cc(O)ccc1N. The Morgan fingerprint density at radius 3 is 2.87 bits per heavy atom. The van der Waals surface area contributed by atoms with Crippen molar-refractivity contribution in [2.45, 2.75) is 13.0 Å². The summed E-state index contributed by atoms with van der Waals surface area (Å²) < 4.78 is 0. The molecule has 1 aromatic carbocycles. The number of aliphatic hydroxyl groups is 1. The first kappa shape index (κ1) is 11.3. The van der Waals surface area contributed by atoms with E-state index in [1.807, 2.05) is 0 Å². The summed E-state index contributed by atoms with van der Waals surface area (Å²) in [5.41, 5.74) is 6.05. The molecule has 0 fully saturated rings. The van der Waals surface area contributed by atoms with Gasteiger partial charge in [0.25, 0.3) is 5.91 Å². The minimum Gasteiger partial charge on any atom is -0.508 e. The molecule has 0 saturated heterocycles. The minimum absolute atomic E-state index is 0.0219. The van der Waals surface area contributed by atoms with E-state index in [0.29, 0.717) is 0 Å². The average Bonchev–Trinajstić information content (AvgIpc) is 2.18. The molecular formula is C10H14N2O3. The Morgan fingerprint density at radius 2 is 2.27 bits per heavy atom. The van der Waals surface area contributed by atoms with E-state index in [9.17, 15) is 9.90 Å². The third-order valence-electron chi connectivity index (χ3n) is 1.84. The Kier molecular flexibility index (Phi) is 3.51. The zero-order valence-electron chi connectivity index (χ0n) is 8.40. The van der Waals surface area contributed by atoms with Crippen LogP contribution in [-0.2, 0) is 0 Å². The van der Waals surface area contributed by atoms with Gasteiger partial charge in [0, 0.05) is 12.2 Å². The number of phenols is 1. The van der Waals surface area contributed by atoms with Gasteiger partial charge in [0.2, 0.25) is 0 Å². The molecule has 0 heterocycles. The molecule has 82 valence electrons. The number of aliphatic hydroxyl groups excluding tert-OH is 1. The predicted octanol–water partition coefficient (Wildman–Crippen LogP) is 0.0850. The number of amides is 1. The van der Waals surface area contributed by atoms with Crippen LogP contribution in [0.4, 0.5) is 5.69 Å². The number of hydrogen-bond donors (Lipinski definition) is 4. The number of nitrogen functional groups attached to an aromatic ring is 1. The zero-order valence-corrected chi connectivity index (χ0v) is 8.40. The molecule has 0 aromatic heterocycles. The summed E-state index contributed by atoms with van der Waals surface area (Å²) in [4.78, 5) is 11.5. The van der Waals surface area contributed by atoms with Crippen LogP contribution in [0.2, 0.25) is 0 Å². The average molecular weight is 210 g/mol. The molecule has 1 aromatic rings. The number of anilines is 1. The maximum absolute atomic E-state index is 11.5. The van der Waals surface area contributed by atoms with Crippen LogP contribution in [0.5, 0.6) is 5.75 Å². The fraction of sp³-hybridized carbons (Fsp3) is 0.300. The van der Waals surface area contributed by atoms with Gasteiger partial charge < -0.3 is 21.3 Å². The number of rotatable bonds is 3. The smallest absolute Gasteiger partial charge is 0.253 e. The molecule has 0 spiro atoms. The molecule has 1 atom stereocenters. The van der Waals surface area contributed by atoms with Crippen molar-refractivity contribution in [1.29, 1.82) is 0 Å². The molecule has 0 aliphatic heterocycles. The first-order valence-electron chi connectivity index (χ1n) is 4.55. The summed E-state index contributed by atoms with van der Waals surface area (Å²) in [5.74, 6) is -0.435. The van der Waals surface area contributed by atoms with E-state index in [0.717, 1.165) is 0 Å². The van der Waals surface area contributed by atoms with E-state index in [1.165, 1.54) is 18.2 Å². The van der Waals surface area contributed by atoms with Gasteiger partial charge in [0.05, 0.1) is 11.7 Å². The van der Waals surface area contributed by atoms with Crippen molar-refractivity contribution >= 4 is 11.6 Å². The van der Waals surface area contributed by atoms with Crippen LogP contribution < -0.4 is 11.1 Å². The zero-order chi connectivity index (χ0) is 11.4. The number of carbonyl (C=O) groups is 1. The highest BCUT2D eigenvalue weighted by atomic mass is 16.3. The van der Waals surface area contributed by atoms with Gasteiger partial charge in [0.1, 0.15) is 5.75 Å². The minimum atomic E-state index is -0.618. The predicted molar refractivity (Wildman–Crippen MR) is 56.5 cm³/mol. The molecule has 0 aliphatic rings. The molecule has 5 heteroatoms. The summed E-state index contributed by atoms with van der Waals surface area (Å²) >= 11 is 0. The molecule has 1 unspecified atom stereocenters. The number of nitrogens with two attached hydrogens (primary N) is 1. The lowest BCUT2D eigenvalue weighted by atomic mass is 10.1. The normalized spacial score (nSPS) is 12.1. The monoisotopic (exact) mass is 210 g/mol. The topological polar surface area (TPSA) is 95.6 Å². The molecule has 0 bridgehead atoms. The fourth-order valence-electron chi connectivity index (χ4n) is 1.08. The van der Waals surface area contributed by atoms with Crippen molar-refractivity contribution in [3.8, 4) is 5.75 Å². The lowest BCUT2D eigenvalue weighted by molar-refractivity contribution is 0.0924. The number of aromatic hydroxyl groups is 1. The lowest BCUT2D eigenvalue weighted by Crippen LogP contribution is -2.30. The Bertz CT molecular complexity index is 364. The second kappa shape index (κ2) is 4.65. The van der Waals surface area contributed by atoms with Gasteiger partial charge in [-0.3, -0.25) is 4.79 Å². The molecular weight excluding hydrogens is 196 g/mol. The lowest BCUT2D eigenvalue weighted by Gasteiger charge is -2.09. The van der Waals surface area contributed by atoms with Crippen LogP contribution in [0.3, 0.4) is 0 Å². The second-order valence-electron chi connectivity index (χ2n) is 3.33. The molecule has 5 N–H and O–H groups in total. The number of benzene rings is 1. The van der Waals surface area contributed by atoms with Gasteiger partial charge in [0.15, 0.2) is 0 Å². The molecule has 0 saturated carbocycles. The van der Waals surface area contributed by atoms with Crippen LogP contribution in [0.25, 0.3) is 0 Å². The summed E-state index contributed by atoms with van der Waals surface area (Å²) in [7, 11) is 0. The molecule has 15 heavy (non-hydrogen) atoms. The van der Waals surface area contributed by atoms with E-state index in [2.05, 4.69) is 5.32 Å². The van der Waals surface area contributed by atoms with E-state index in [1.54, 1.807) is 6.92 Å². The summed E-state index contributed by atoms with van der Waals surface area (Å²) in [6.45, 7) is 1.71. The van der Waals surface area contributed by atoms with Crippen LogP contribution in [0.15, 0.2) is 18.2 Å². The molecule has 1 amide bonds. The summed E-state index contributed by atoms with van der Waals surface area (Å²) in [6.07, 6.45) is -0.618. The van der Waals surface area contributed by atoms with Crippen molar-refractivity contribution in [2.24, 2.45) is 0 Å². The highest BCUT2D eigenvalue weighted by Gasteiger charge is 2.10. The Labute approximate surface area is 87.5 Å². The number of hydrogen-bond acceptors (Lipinski definition) is 4. The quantitative estimate of drug-likeness (QED) is 0.420. The third-order valence-corrected chi connectivity index (χ3v) is 1.84. The Hall–Kier alpha value is -1.75. The van der Waals surface area contributed by atoms with Gasteiger partial charge in [-0.25, -0.2) is 0 Å². The van der Waals surface area contributed by atoms with Crippen LogP contribution in [0.1, 0.15) is 17.3 Å². The van der Waals surface area contributed by atoms with Crippen LogP contribution in [0, 0.1) is 0 Å². The largest absolute Gasteiger partial charge is 0.508 e. The van der Waals surface area contributed by atoms with Crippen molar-refractivity contribution in [3.05, 3.63) is 23.8 Å². The van der Waals surface area contributed by atoms with Crippen LogP contribution >= 0.6 is 0 Å². The van der Waals surface area contributed by atoms with E-state index >= 15 is 0 Å². The molecule has 0 aliphatic carbocycles. The van der Waals surface area contributed by atoms with Gasteiger partial charge >= 0.3 is 0 Å². The van der Waals surface area contributed by atoms with Crippen molar-refractivity contribution in [3.63, 3.8) is 0 Å². The van der Waals surface area contributed by atoms with Crippen LogP contribution in [-0.4, -0.2) is 28.8 Å². The Morgan fingerprint density at radius 1 is 1.60 bits per heavy atom. The second-order valence-corrected chi connectivity index (χ2v) is 3.33. The van der Waals surface area contributed by atoms with Gasteiger partial charge in [-0.2, -0.15) is 0 Å². The molecule has 0 radical (unpaired) electrons. The van der Waals surface area contributed by atoms with E-state index in [-0.39, 0.29) is 23.5 Å². The number of phenolic OH excluding ortho intramolecular Hbond substituents is 1. The highest BCUT2D eigenvalue weighted by molar-refractivity contribution is 5.99. The maximum atomic E-state index is 11.5. The Balaban J connectivity index is 2.77. The van der Waals surface area contributed by atoms with E-state index < -0.39 is 12.0 Å².